The molecule has 0 aliphatic carbocycles. The number of hydrogen-bond acceptors (Lipinski definition) is 3. The number of aryl methyl sites for hydroxylation is 1. The Morgan fingerprint density at radius 1 is 1.07 bits per heavy atom. The van der Waals surface area contributed by atoms with Crippen LogP contribution >= 0.6 is 0 Å². The van der Waals surface area contributed by atoms with E-state index in [1.807, 2.05) is 82.3 Å². The molecule has 0 unspecified atom stereocenters. The smallest absolute Gasteiger partial charge is 0.416 e. The van der Waals surface area contributed by atoms with E-state index in [-0.39, 0.29) is 5.92 Å². The van der Waals surface area contributed by atoms with E-state index in [4.69, 9.17) is 4.74 Å². The third-order valence-electron chi connectivity index (χ3n) is 4.55. The largest absolute Gasteiger partial charge is 0.443 e. The summed E-state index contributed by atoms with van der Waals surface area (Å²) >= 11 is 0. The van der Waals surface area contributed by atoms with Gasteiger partial charge >= 0.3 is 6.09 Å². The van der Waals surface area contributed by atoms with Crippen LogP contribution in [0.15, 0.2) is 60.7 Å². The fourth-order valence-corrected chi connectivity index (χ4v) is 3.26. The average Bonchev–Trinajstić information content (AvgIpc) is 2.61. The summed E-state index contributed by atoms with van der Waals surface area (Å²) in [6.45, 7) is 7.49. The van der Waals surface area contributed by atoms with Crippen LogP contribution in [0.2, 0.25) is 0 Å². The van der Waals surface area contributed by atoms with Crippen LogP contribution in [0, 0.1) is 6.92 Å². The maximum absolute atomic E-state index is 12.8. The van der Waals surface area contributed by atoms with Crippen molar-refractivity contribution < 1.29 is 14.6 Å². The molecule has 0 bridgehead atoms. The van der Waals surface area contributed by atoms with Gasteiger partial charge in [0.2, 0.25) is 0 Å². The first-order chi connectivity index (χ1) is 12.7. The molecule has 0 spiro atoms. The summed E-state index contributed by atoms with van der Waals surface area (Å²) in [6.07, 6.45) is 0.995. The number of amides is 1. The second-order valence-corrected chi connectivity index (χ2v) is 8.00. The van der Waals surface area contributed by atoms with Crippen molar-refractivity contribution in [3.8, 4) is 0 Å². The third-order valence-corrected chi connectivity index (χ3v) is 4.55. The van der Waals surface area contributed by atoms with Gasteiger partial charge in [-0.15, -0.1) is 0 Å². The van der Waals surface area contributed by atoms with Gasteiger partial charge in [-0.25, -0.2) is 4.79 Å². The van der Waals surface area contributed by atoms with Crippen LogP contribution in [0.1, 0.15) is 49.8 Å². The lowest BCUT2D eigenvalue weighted by Crippen LogP contribution is -2.44. The highest BCUT2D eigenvalue weighted by atomic mass is 16.6. The van der Waals surface area contributed by atoms with Crippen LogP contribution in [0.4, 0.5) is 4.79 Å². The van der Waals surface area contributed by atoms with Gasteiger partial charge in [0, 0.05) is 12.3 Å². The van der Waals surface area contributed by atoms with Crippen LogP contribution in [0.5, 0.6) is 0 Å². The molecule has 1 amide bonds. The molecule has 2 aromatic carbocycles. The van der Waals surface area contributed by atoms with Crippen molar-refractivity contribution in [1.29, 1.82) is 0 Å². The summed E-state index contributed by atoms with van der Waals surface area (Å²) in [7, 11) is 0. The lowest BCUT2D eigenvalue weighted by molar-refractivity contribution is -0.0134. The Balaban J connectivity index is 2.03. The molecule has 1 heterocycles. The highest BCUT2D eigenvalue weighted by Gasteiger charge is 2.36. The normalized spacial score (nSPS) is 20.2. The minimum atomic E-state index is -0.952. The summed E-state index contributed by atoms with van der Waals surface area (Å²) in [5, 5.41) is 10.8. The first-order valence-corrected chi connectivity index (χ1v) is 9.29. The van der Waals surface area contributed by atoms with Crippen molar-refractivity contribution in [3.63, 3.8) is 0 Å². The van der Waals surface area contributed by atoms with Gasteiger partial charge in [-0.05, 0) is 38.8 Å². The quantitative estimate of drug-likeness (QED) is 0.807. The minimum Gasteiger partial charge on any atom is -0.443 e. The van der Waals surface area contributed by atoms with Crippen LogP contribution in [0.25, 0.3) is 5.70 Å². The molecule has 1 N–H and O–H groups in total. The van der Waals surface area contributed by atoms with E-state index >= 15 is 0 Å². The van der Waals surface area contributed by atoms with Crippen LogP contribution < -0.4 is 0 Å². The molecule has 4 heteroatoms. The van der Waals surface area contributed by atoms with Gasteiger partial charge in [-0.1, -0.05) is 66.2 Å². The standard InChI is InChI=1S/C23H27NO3/c1-16-10-12-18(13-11-16)20-14-19(17-8-6-5-7-9-17)15-21(25)24(20)22(26)27-23(2,3)4/h5-14,19,21,25H,15H2,1-4H3/t19-,21+/m0/s1. The Morgan fingerprint density at radius 2 is 1.70 bits per heavy atom. The molecule has 3 rings (SSSR count). The molecule has 27 heavy (non-hydrogen) atoms. The van der Waals surface area contributed by atoms with Crippen molar-refractivity contribution in [2.24, 2.45) is 0 Å². The summed E-state index contributed by atoms with van der Waals surface area (Å²) < 4.78 is 5.55. The minimum absolute atomic E-state index is 0.0242. The van der Waals surface area contributed by atoms with Crippen molar-refractivity contribution in [2.75, 3.05) is 0 Å². The predicted molar refractivity (Wildman–Crippen MR) is 107 cm³/mol. The number of carbonyl (C=O) groups is 1. The molecule has 4 nitrogen and oxygen atoms in total. The highest BCUT2D eigenvalue weighted by Crippen LogP contribution is 2.37. The van der Waals surface area contributed by atoms with Crippen LogP contribution in [-0.2, 0) is 4.74 Å². The molecule has 2 aromatic rings. The number of aliphatic hydroxyl groups excluding tert-OH is 1. The lowest BCUT2D eigenvalue weighted by atomic mass is 9.89. The summed E-state index contributed by atoms with van der Waals surface area (Å²) in [6, 6.07) is 18.0. The van der Waals surface area contributed by atoms with Gasteiger partial charge in [0.15, 0.2) is 0 Å². The zero-order valence-electron chi connectivity index (χ0n) is 16.3. The van der Waals surface area contributed by atoms with E-state index in [0.717, 1.165) is 16.7 Å². The number of rotatable bonds is 2. The zero-order valence-corrected chi connectivity index (χ0v) is 16.3. The van der Waals surface area contributed by atoms with Gasteiger partial charge in [-0.2, -0.15) is 0 Å². The fraction of sp³-hybridized carbons (Fsp3) is 0.348. The Morgan fingerprint density at radius 3 is 2.30 bits per heavy atom. The molecule has 142 valence electrons. The van der Waals surface area contributed by atoms with Gasteiger partial charge in [0.05, 0.1) is 5.70 Å². The second kappa shape index (κ2) is 7.57. The first kappa shape index (κ1) is 19.2. The molecule has 1 aliphatic heterocycles. The van der Waals surface area contributed by atoms with Crippen LogP contribution in [0.3, 0.4) is 0 Å². The number of benzene rings is 2. The lowest BCUT2D eigenvalue weighted by Gasteiger charge is -2.37. The highest BCUT2D eigenvalue weighted by molar-refractivity contribution is 5.83. The number of carbonyl (C=O) groups excluding carboxylic acids is 1. The molecular weight excluding hydrogens is 338 g/mol. The summed E-state index contributed by atoms with van der Waals surface area (Å²) in [4.78, 5) is 14.2. The van der Waals surface area contributed by atoms with E-state index in [0.29, 0.717) is 12.1 Å². The van der Waals surface area contributed by atoms with E-state index in [9.17, 15) is 9.90 Å². The molecule has 0 saturated heterocycles. The van der Waals surface area contributed by atoms with Crippen molar-refractivity contribution in [3.05, 3.63) is 77.4 Å². The number of hydrogen-bond donors (Lipinski definition) is 1. The van der Waals surface area contributed by atoms with Gasteiger partial charge in [0.1, 0.15) is 11.8 Å². The monoisotopic (exact) mass is 365 g/mol. The Labute approximate surface area is 161 Å². The average molecular weight is 365 g/mol. The third kappa shape index (κ3) is 4.58. The summed E-state index contributed by atoms with van der Waals surface area (Å²) in [5.41, 5.74) is 3.18. The number of ether oxygens (including phenoxy) is 1. The van der Waals surface area contributed by atoms with Crippen LogP contribution in [-0.4, -0.2) is 27.9 Å². The number of allylic oxidation sites excluding steroid dienone is 1. The summed E-state index contributed by atoms with van der Waals surface area (Å²) in [5.74, 6) is 0.0242. The zero-order chi connectivity index (χ0) is 19.6. The SMILES string of the molecule is Cc1ccc(C2=C[C@H](c3ccccc3)C[C@@H](O)N2C(=O)OC(C)(C)C)cc1. The van der Waals surface area contributed by atoms with Crippen molar-refractivity contribution in [1.82, 2.24) is 4.90 Å². The van der Waals surface area contributed by atoms with E-state index in [1.54, 1.807) is 0 Å². The van der Waals surface area contributed by atoms with E-state index in [2.05, 4.69) is 6.08 Å². The van der Waals surface area contributed by atoms with Gasteiger partial charge in [0.25, 0.3) is 0 Å². The molecule has 1 aliphatic rings. The first-order valence-electron chi connectivity index (χ1n) is 9.29. The van der Waals surface area contributed by atoms with Gasteiger partial charge < -0.3 is 9.84 Å². The molecule has 0 radical (unpaired) electrons. The number of aliphatic hydroxyl groups is 1. The number of nitrogens with zero attached hydrogens (tertiary/aromatic N) is 1. The predicted octanol–water partition coefficient (Wildman–Crippen LogP) is 5.08. The van der Waals surface area contributed by atoms with E-state index in [1.165, 1.54) is 4.90 Å². The van der Waals surface area contributed by atoms with Crippen molar-refractivity contribution in [2.45, 2.75) is 51.9 Å². The van der Waals surface area contributed by atoms with Crippen molar-refractivity contribution >= 4 is 11.8 Å². The Bertz CT molecular complexity index is 819. The maximum Gasteiger partial charge on any atom is 0.416 e. The molecule has 2 atom stereocenters. The molecule has 0 saturated carbocycles. The topological polar surface area (TPSA) is 49.8 Å². The second-order valence-electron chi connectivity index (χ2n) is 8.00. The maximum atomic E-state index is 12.8. The molecule has 0 aromatic heterocycles. The molecule has 0 fully saturated rings. The molecular formula is C23H27NO3. The Kier molecular flexibility index (Phi) is 5.38. The van der Waals surface area contributed by atoms with Gasteiger partial charge in [-0.3, -0.25) is 4.90 Å². The fourth-order valence-electron chi connectivity index (χ4n) is 3.26. The van der Waals surface area contributed by atoms with E-state index < -0.39 is 17.9 Å². The Hall–Kier alpha value is -2.59.